The van der Waals surface area contributed by atoms with Gasteiger partial charge in [0, 0.05) is 62.1 Å². The van der Waals surface area contributed by atoms with Gasteiger partial charge >= 0.3 is 0 Å². The molecule has 0 unspecified atom stereocenters. The number of piperazine rings is 1. The van der Waals surface area contributed by atoms with Crippen LogP contribution in [0.25, 0.3) is 10.9 Å². The lowest BCUT2D eigenvalue weighted by Crippen LogP contribution is -2.45. The van der Waals surface area contributed by atoms with Gasteiger partial charge in [0.2, 0.25) is 0 Å². The highest BCUT2D eigenvalue weighted by Crippen LogP contribution is 2.36. The Morgan fingerprint density at radius 2 is 1.74 bits per heavy atom. The minimum absolute atomic E-state index is 0.273. The van der Waals surface area contributed by atoms with Crippen molar-refractivity contribution in [3.63, 3.8) is 0 Å². The molecule has 3 heterocycles. The van der Waals surface area contributed by atoms with E-state index in [-0.39, 0.29) is 5.91 Å². The van der Waals surface area contributed by atoms with Gasteiger partial charge in [-0.3, -0.25) is 19.5 Å². The number of nitrogens with zero attached hydrogens (tertiary/aromatic N) is 4. The smallest absolute Gasteiger partial charge is 0.300 e. The Labute approximate surface area is 244 Å². The number of ether oxygens (including phenoxy) is 2. The molecule has 5 rings (SSSR count). The number of anilines is 2. The van der Waals surface area contributed by atoms with E-state index < -0.39 is 5.91 Å². The van der Waals surface area contributed by atoms with Gasteiger partial charge in [0.25, 0.3) is 11.8 Å². The molecule has 2 aromatic carbocycles. The Bertz CT molecular complexity index is 1610. The molecule has 0 atom stereocenters. The lowest BCUT2D eigenvalue weighted by atomic mass is 10.1. The SMILES string of the molecule is CC#CC(=O)Nc1cc2c(Oc3ccc(C(=O)Nc4ccccn4)cc3)ccnc2cc1OCCN1CCN(C)CC1. The molecule has 0 aliphatic carbocycles. The number of rotatable bonds is 9. The average Bonchev–Trinajstić information content (AvgIpc) is 2.99. The number of carbonyl (C=O) groups is 2. The molecule has 0 saturated carbocycles. The number of pyridine rings is 2. The summed E-state index contributed by atoms with van der Waals surface area (Å²) in [6, 6.07) is 17.4. The van der Waals surface area contributed by atoms with Gasteiger partial charge in [-0.2, -0.15) is 0 Å². The summed E-state index contributed by atoms with van der Waals surface area (Å²) in [6.07, 6.45) is 3.27. The minimum atomic E-state index is -0.438. The zero-order valence-corrected chi connectivity index (χ0v) is 23.6. The van der Waals surface area contributed by atoms with E-state index in [9.17, 15) is 9.59 Å². The summed E-state index contributed by atoms with van der Waals surface area (Å²) in [5, 5.41) is 6.28. The van der Waals surface area contributed by atoms with Crippen LogP contribution in [0, 0.1) is 11.8 Å². The van der Waals surface area contributed by atoms with E-state index in [1.165, 1.54) is 0 Å². The van der Waals surface area contributed by atoms with E-state index in [0.717, 1.165) is 32.7 Å². The van der Waals surface area contributed by atoms with E-state index in [1.807, 2.05) is 0 Å². The number of nitrogens with one attached hydrogen (secondary N) is 2. The summed E-state index contributed by atoms with van der Waals surface area (Å²) < 4.78 is 12.3. The van der Waals surface area contributed by atoms with Gasteiger partial charge in [0.05, 0.1) is 11.2 Å². The van der Waals surface area contributed by atoms with Gasteiger partial charge in [0.1, 0.15) is 29.7 Å². The first-order chi connectivity index (χ1) is 20.5. The van der Waals surface area contributed by atoms with Crippen molar-refractivity contribution in [1.82, 2.24) is 19.8 Å². The van der Waals surface area contributed by atoms with Gasteiger partial charge in [-0.1, -0.05) is 12.0 Å². The van der Waals surface area contributed by atoms with Crippen molar-refractivity contribution >= 4 is 34.2 Å². The summed E-state index contributed by atoms with van der Waals surface area (Å²) in [7, 11) is 2.13. The first-order valence-electron chi connectivity index (χ1n) is 13.7. The van der Waals surface area contributed by atoms with Crippen molar-refractivity contribution in [3.05, 3.63) is 78.6 Å². The zero-order chi connectivity index (χ0) is 29.3. The molecule has 10 heteroatoms. The van der Waals surface area contributed by atoms with E-state index in [0.29, 0.717) is 51.8 Å². The highest BCUT2D eigenvalue weighted by Gasteiger charge is 2.16. The van der Waals surface area contributed by atoms with Crippen molar-refractivity contribution in [2.75, 3.05) is 57.0 Å². The molecule has 0 spiro atoms. The maximum absolute atomic E-state index is 12.6. The van der Waals surface area contributed by atoms with Gasteiger partial charge in [-0.25, -0.2) is 4.98 Å². The maximum Gasteiger partial charge on any atom is 0.300 e. The molecule has 2 N–H and O–H groups in total. The number of amides is 2. The normalized spacial score (nSPS) is 13.6. The van der Waals surface area contributed by atoms with Crippen LogP contribution in [-0.2, 0) is 4.79 Å². The van der Waals surface area contributed by atoms with Crippen LogP contribution in [0.2, 0.25) is 0 Å². The molecule has 4 aromatic rings. The second-order valence-electron chi connectivity index (χ2n) is 9.79. The molecule has 1 aliphatic rings. The quantitative estimate of drug-likeness (QED) is 0.290. The fourth-order valence-corrected chi connectivity index (χ4v) is 4.50. The second-order valence-corrected chi connectivity index (χ2v) is 9.79. The standard InChI is InChI=1S/C32H32N6O4/c1-3-6-31(39)35-27-21-25-26(22-29(27)41-20-19-38-17-15-37(2)16-18-38)33-14-12-28(25)42-24-10-8-23(9-11-24)32(40)36-30-7-4-5-13-34-30/h4-5,7-14,21-22H,15-20H2,1-2H3,(H,35,39)(H,34,36,40). The summed E-state index contributed by atoms with van der Waals surface area (Å²) >= 11 is 0. The largest absolute Gasteiger partial charge is 0.490 e. The van der Waals surface area contributed by atoms with Crippen LogP contribution in [0.3, 0.4) is 0 Å². The van der Waals surface area contributed by atoms with Crippen molar-refractivity contribution in [2.24, 2.45) is 0 Å². The molecule has 1 aliphatic heterocycles. The average molecular weight is 565 g/mol. The number of fused-ring (bicyclic) bond motifs is 1. The summed E-state index contributed by atoms with van der Waals surface area (Å²) in [5.41, 5.74) is 1.59. The molecule has 0 radical (unpaired) electrons. The molecular weight excluding hydrogens is 532 g/mol. The van der Waals surface area contributed by atoms with Crippen LogP contribution in [0.1, 0.15) is 17.3 Å². The second kappa shape index (κ2) is 13.6. The first kappa shape index (κ1) is 28.5. The van der Waals surface area contributed by atoms with Gasteiger partial charge < -0.3 is 25.0 Å². The number of hydrogen-bond acceptors (Lipinski definition) is 8. The Morgan fingerprint density at radius 3 is 2.48 bits per heavy atom. The molecule has 2 amide bonds. The summed E-state index contributed by atoms with van der Waals surface area (Å²) in [6.45, 7) is 6.89. The highest BCUT2D eigenvalue weighted by atomic mass is 16.5. The minimum Gasteiger partial charge on any atom is -0.490 e. The number of hydrogen-bond donors (Lipinski definition) is 2. The van der Waals surface area contributed by atoms with Gasteiger partial charge in [-0.15, -0.1) is 0 Å². The monoisotopic (exact) mass is 564 g/mol. The highest BCUT2D eigenvalue weighted by molar-refractivity contribution is 6.06. The summed E-state index contributed by atoms with van der Waals surface area (Å²) in [4.78, 5) is 38.3. The van der Waals surface area contributed by atoms with E-state index in [4.69, 9.17) is 9.47 Å². The number of carbonyl (C=O) groups excluding carboxylic acids is 2. The molecule has 42 heavy (non-hydrogen) atoms. The molecule has 1 saturated heterocycles. The van der Waals surface area contributed by atoms with E-state index >= 15 is 0 Å². The fraction of sp³-hybridized carbons (Fsp3) is 0.250. The van der Waals surface area contributed by atoms with Crippen molar-refractivity contribution in [3.8, 4) is 29.1 Å². The van der Waals surface area contributed by atoms with Crippen molar-refractivity contribution in [2.45, 2.75) is 6.92 Å². The Hall–Kier alpha value is -4.98. The number of benzene rings is 2. The third-order valence-corrected chi connectivity index (χ3v) is 6.80. The number of aromatic nitrogens is 2. The lowest BCUT2D eigenvalue weighted by molar-refractivity contribution is -0.111. The Balaban J connectivity index is 1.33. The molecular formula is C32H32N6O4. The zero-order valence-electron chi connectivity index (χ0n) is 23.6. The third kappa shape index (κ3) is 7.40. The lowest BCUT2D eigenvalue weighted by Gasteiger charge is -2.32. The Morgan fingerprint density at radius 1 is 0.929 bits per heavy atom. The summed E-state index contributed by atoms with van der Waals surface area (Å²) in [5.74, 6) is 6.48. The molecule has 2 aromatic heterocycles. The topological polar surface area (TPSA) is 109 Å². The first-order valence-corrected chi connectivity index (χ1v) is 13.7. The van der Waals surface area contributed by atoms with Gasteiger partial charge in [0.15, 0.2) is 0 Å². The predicted octanol–water partition coefficient (Wildman–Crippen LogP) is 4.26. The van der Waals surface area contributed by atoms with Crippen LogP contribution in [0.4, 0.5) is 11.5 Å². The van der Waals surface area contributed by atoms with Crippen molar-refractivity contribution in [1.29, 1.82) is 0 Å². The Kier molecular flexibility index (Phi) is 9.23. The molecule has 0 bridgehead atoms. The van der Waals surface area contributed by atoms with Crippen LogP contribution >= 0.6 is 0 Å². The van der Waals surface area contributed by atoms with E-state index in [1.54, 1.807) is 80.0 Å². The maximum atomic E-state index is 12.6. The van der Waals surface area contributed by atoms with Crippen LogP contribution in [0.15, 0.2) is 73.1 Å². The van der Waals surface area contributed by atoms with Crippen LogP contribution in [-0.4, -0.2) is 78.0 Å². The van der Waals surface area contributed by atoms with Crippen molar-refractivity contribution < 1.29 is 19.1 Å². The predicted molar refractivity (Wildman–Crippen MR) is 162 cm³/mol. The third-order valence-electron chi connectivity index (χ3n) is 6.80. The van der Waals surface area contributed by atoms with E-state index in [2.05, 4.69) is 49.3 Å². The van der Waals surface area contributed by atoms with Crippen LogP contribution in [0.5, 0.6) is 17.2 Å². The molecule has 214 valence electrons. The fourth-order valence-electron chi connectivity index (χ4n) is 4.50. The number of likely N-dealkylation sites (N-methyl/N-ethyl adjacent to an activating group) is 1. The van der Waals surface area contributed by atoms with Gasteiger partial charge in [-0.05, 0) is 68.4 Å². The molecule has 1 fully saturated rings. The van der Waals surface area contributed by atoms with Crippen LogP contribution < -0.4 is 20.1 Å². The molecule has 10 nitrogen and oxygen atoms in total.